The average Bonchev–Trinajstić information content (AvgIpc) is 2.91. The van der Waals surface area contributed by atoms with Crippen LogP contribution in [-0.2, 0) is 31.9 Å². The van der Waals surface area contributed by atoms with E-state index in [1.165, 1.54) is 22.5 Å². The van der Waals surface area contributed by atoms with Gasteiger partial charge in [-0.05, 0) is 75.3 Å². The lowest BCUT2D eigenvalue weighted by molar-refractivity contribution is -0.156. The number of carbonyl (C=O) groups is 3. The normalized spacial score (nSPS) is 15.8. The number of rotatable bonds is 9. The number of carbonyl (C=O) groups excluding carboxylic acids is 3. The van der Waals surface area contributed by atoms with Crippen LogP contribution in [0.2, 0.25) is 0 Å². The van der Waals surface area contributed by atoms with Crippen molar-refractivity contribution in [2.24, 2.45) is 5.73 Å². The van der Waals surface area contributed by atoms with Crippen molar-refractivity contribution >= 4 is 18.0 Å². The molecule has 1 fully saturated rings. The van der Waals surface area contributed by atoms with Crippen LogP contribution in [0.4, 0.5) is 4.79 Å². The molecule has 1 saturated heterocycles. The van der Waals surface area contributed by atoms with Crippen molar-refractivity contribution in [2.45, 2.75) is 64.5 Å². The van der Waals surface area contributed by atoms with Gasteiger partial charge in [-0.2, -0.15) is 0 Å². The minimum absolute atomic E-state index is 0.0494. The lowest BCUT2D eigenvalue weighted by Gasteiger charge is -2.40. The van der Waals surface area contributed by atoms with Gasteiger partial charge in [-0.15, -0.1) is 0 Å². The molecule has 0 spiro atoms. The van der Waals surface area contributed by atoms with Gasteiger partial charge in [0.25, 0.3) is 0 Å². The molecule has 2 aromatic rings. The Morgan fingerprint density at radius 3 is 2.00 bits per heavy atom. The SMILES string of the molecule is COC(=O)[C@H]1CN(C(=O)OC(C)(C)C)CCN1C(=O)CCc1ccc(-c2ccc(CCCCN)cc2)cc1. The molecule has 0 aliphatic carbocycles. The summed E-state index contributed by atoms with van der Waals surface area (Å²) in [4.78, 5) is 41.1. The first-order valence-corrected chi connectivity index (χ1v) is 13.3. The first-order chi connectivity index (χ1) is 18.1. The molecule has 0 unspecified atom stereocenters. The van der Waals surface area contributed by atoms with Crippen molar-refractivity contribution in [3.63, 3.8) is 0 Å². The minimum atomic E-state index is -0.852. The second kappa shape index (κ2) is 13.4. The summed E-state index contributed by atoms with van der Waals surface area (Å²) in [5.41, 5.74) is 9.57. The van der Waals surface area contributed by atoms with Gasteiger partial charge in [-0.3, -0.25) is 4.79 Å². The van der Waals surface area contributed by atoms with Crippen LogP contribution in [0.25, 0.3) is 11.1 Å². The van der Waals surface area contributed by atoms with Gasteiger partial charge >= 0.3 is 12.1 Å². The van der Waals surface area contributed by atoms with Crippen LogP contribution in [0.15, 0.2) is 48.5 Å². The number of unbranched alkanes of at least 4 members (excludes halogenated alkanes) is 1. The predicted octanol–water partition coefficient (Wildman–Crippen LogP) is 4.19. The molecule has 1 aliphatic heterocycles. The van der Waals surface area contributed by atoms with Crippen LogP contribution >= 0.6 is 0 Å². The highest BCUT2D eigenvalue weighted by Gasteiger charge is 2.38. The molecule has 2 amide bonds. The quantitative estimate of drug-likeness (QED) is 0.391. The first kappa shape index (κ1) is 29.2. The van der Waals surface area contributed by atoms with E-state index in [1.807, 2.05) is 12.1 Å². The van der Waals surface area contributed by atoms with Crippen LogP contribution in [0.1, 0.15) is 51.2 Å². The van der Waals surface area contributed by atoms with Crippen LogP contribution in [0.3, 0.4) is 0 Å². The van der Waals surface area contributed by atoms with Crippen LogP contribution < -0.4 is 5.73 Å². The lowest BCUT2D eigenvalue weighted by Crippen LogP contribution is -2.60. The Bertz CT molecular complexity index is 1080. The molecule has 1 heterocycles. The molecule has 38 heavy (non-hydrogen) atoms. The average molecular weight is 524 g/mol. The molecule has 206 valence electrons. The summed E-state index contributed by atoms with van der Waals surface area (Å²) in [7, 11) is 1.29. The van der Waals surface area contributed by atoms with Gasteiger partial charge in [-0.1, -0.05) is 48.5 Å². The number of piperazine rings is 1. The van der Waals surface area contributed by atoms with Crippen molar-refractivity contribution < 1.29 is 23.9 Å². The van der Waals surface area contributed by atoms with E-state index in [-0.39, 0.29) is 25.4 Å². The van der Waals surface area contributed by atoms with Crippen LogP contribution in [0, 0.1) is 0 Å². The van der Waals surface area contributed by atoms with Crippen LogP contribution in [0.5, 0.6) is 0 Å². The van der Waals surface area contributed by atoms with Gasteiger partial charge in [0.15, 0.2) is 0 Å². The van der Waals surface area contributed by atoms with Gasteiger partial charge < -0.3 is 25.0 Å². The van der Waals surface area contributed by atoms with E-state index in [1.54, 1.807) is 20.8 Å². The monoisotopic (exact) mass is 523 g/mol. The van der Waals surface area contributed by atoms with Gasteiger partial charge in [0.05, 0.1) is 13.7 Å². The molecular formula is C30H41N3O5. The molecule has 0 radical (unpaired) electrons. The molecule has 2 aromatic carbocycles. The van der Waals surface area contributed by atoms with Gasteiger partial charge in [0.2, 0.25) is 5.91 Å². The van der Waals surface area contributed by atoms with E-state index in [4.69, 9.17) is 15.2 Å². The smallest absolute Gasteiger partial charge is 0.410 e. The maximum absolute atomic E-state index is 13.1. The number of nitrogens with two attached hydrogens (primary N) is 1. The molecule has 0 aromatic heterocycles. The fourth-order valence-corrected chi connectivity index (χ4v) is 4.51. The summed E-state index contributed by atoms with van der Waals surface area (Å²) >= 11 is 0. The highest BCUT2D eigenvalue weighted by Crippen LogP contribution is 2.22. The summed E-state index contributed by atoms with van der Waals surface area (Å²) in [5.74, 6) is -0.681. The van der Waals surface area contributed by atoms with Gasteiger partial charge in [-0.25, -0.2) is 9.59 Å². The van der Waals surface area contributed by atoms with Crippen molar-refractivity contribution in [1.29, 1.82) is 0 Å². The van der Waals surface area contributed by atoms with E-state index in [9.17, 15) is 14.4 Å². The largest absolute Gasteiger partial charge is 0.467 e. The number of nitrogens with zero attached hydrogens (tertiary/aromatic N) is 2. The number of hydrogen-bond donors (Lipinski definition) is 1. The van der Waals surface area contributed by atoms with E-state index in [0.717, 1.165) is 42.5 Å². The summed E-state index contributed by atoms with van der Waals surface area (Å²) in [6, 6.07) is 16.0. The van der Waals surface area contributed by atoms with Crippen molar-refractivity contribution in [3.05, 3.63) is 59.7 Å². The summed E-state index contributed by atoms with van der Waals surface area (Å²) < 4.78 is 10.4. The Hall–Kier alpha value is -3.39. The Morgan fingerprint density at radius 1 is 0.895 bits per heavy atom. The lowest BCUT2D eigenvalue weighted by atomic mass is 9.99. The summed E-state index contributed by atoms with van der Waals surface area (Å²) in [6.45, 7) is 6.69. The summed E-state index contributed by atoms with van der Waals surface area (Å²) in [6.07, 6.45) is 3.49. The number of esters is 1. The molecule has 8 nitrogen and oxygen atoms in total. The standard InChI is InChI=1S/C30H41N3O5/c1-30(2,3)38-29(36)32-19-20-33(26(21-32)28(35)37-4)27(34)17-12-23-10-15-25(16-11-23)24-13-8-22(9-14-24)7-5-6-18-31/h8-11,13-16,26H,5-7,12,17-21,31H2,1-4H3/t26-/m1/s1. The third-order valence-corrected chi connectivity index (χ3v) is 6.61. The number of hydrogen-bond acceptors (Lipinski definition) is 6. The topological polar surface area (TPSA) is 102 Å². The van der Waals surface area contributed by atoms with Gasteiger partial charge in [0.1, 0.15) is 11.6 Å². The molecule has 1 aliphatic rings. The first-order valence-electron chi connectivity index (χ1n) is 13.3. The van der Waals surface area contributed by atoms with Crippen molar-refractivity contribution in [3.8, 4) is 11.1 Å². The molecule has 8 heteroatoms. The number of benzene rings is 2. The molecule has 0 saturated carbocycles. The zero-order chi connectivity index (χ0) is 27.7. The fourth-order valence-electron chi connectivity index (χ4n) is 4.51. The molecule has 3 rings (SSSR count). The maximum atomic E-state index is 13.1. The summed E-state index contributed by atoms with van der Waals surface area (Å²) in [5, 5.41) is 0. The van der Waals surface area contributed by atoms with E-state index in [2.05, 4.69) is 36.4 Å². The predicted molar refractivity (Wildman–Crippen MR) is 148 cm³/mol. The second-order valence-corrected chi connectivity index (χ2v) is 10.7. The number of aryl methyl sites for hydroxylation is 2. The van der Waals surface area contributed by atoms with Gasteiger partial charge in [0, 0.05) is 19.5 Å². The zero-order valence-corrected chi connectivity index (χ0v) is 23.1. The van der Waals surface area contributed by atoms with E-state index < -0.39 is 23.7 Å². The second-order valence-electron chi connectivity index (χ2n) is 10.7. The highest BCUT2D eigenvalue weighted by molar-refractivity contribution is 5.86. The van der Waals surface area contributed by atoms with E-state index >= 15 is 0 Å². The Morgan fingerprint density at radius 2 is 1.47 bits per heavy atom. The zero-order valence-electron chi connectivity index (χ0n) is 23.1. The molecule has 1 atom stereocenters. The third kappa shape index (κ3) is 8.31. The molecule has 2 N–H and O–H groups in total. The minimum Gasteiger partial charge on any atom is -0.467 e. The number of ether oxygens (including phenoxy) is 2. The number of amides is 2. The fraction of sp³-hybridized carbons (Fsp3) is 0.500. The van der Waals surface area contributed by atoms with E-state index in [0.29, 0.717) is 13.0 Å². The Balaban J connectivity index is 1.57. The van der Waals surface area contributed by atoms with Crippen molar-refractivity contribution in [1.82, 2.24) is 9.80 Å². The van der Waals surface area contributed by atoms with Crippen LogP contribution in [-0.4, -0.2) is 72.7 Å². The number of methoxy groups -OCH3 is 1. The maximum Gasteiger partial charge on any atom is 0.410 e. The Kier molecular flexibility index (Phi) is 10.3. The third-order valence-electron chi connectivity index (χ3n) is 6.61. The highest BCUT2D eigenvalue weighted by atomic mass is 16.6. The molecule has 0 bridgehead atoms. The molecular weight excluding hydrogens is 482 g/mol. The Labute approximate surface area is 226 Å². The van der Waals surface area contributed by atoms with Crippen molar-refractivity contribution in [2.75, 3.05) is 33.3 Å².